The molecule has 0 radical (unpaired) electrons. The number of ether oxygens (including phenoxy) is 1. The van der Waals surface area contributed by atoms with Crippen molar-refractivity contribution < 1.29 is 4.74 Å². The fraction of sp³-hybridized carbons (Fsp3) is 0.615. The van der Waals surface area contributed by atoms with E-state index in [1.165, 1.54) is 32.0 Å². The van der Waals surface area contributed by atoms with E-state index in [0.29, 0.717) is 22.8 Å². The maximum absolute atomic E-state index is 6.04. The third-order valence-electron chi connectivity index (χ3n) is 4.07. The zero-order chi connectivity index (χ0) is 13.5. The third kappa shape index (κ3) is 2.01. The molecule has 2 aromatic heterocycles. The lowest BCUT2D eigenvalue weighted by Crippen LogP contribution is -2.21. The fourth-order valence-electron chi connectivity index (χ4n) is 3.01. The molecular weight excluding hydrogens is 242 g/mol. The van der Waals surface area contributed by atoms with Crippen LogP contribution in [0.2, 0.25) is 0 Å². The Morgan fingerprint density at radius 3 is 2.79 bits per heavy atom. The summed E-state index contributed by atoms with van der Waals surface area (Å²) in [6, 6.07) is 0. The molecule has 0 aromatic carbocycles. The zero-order valence-electron chi connectivity index (χ0n) is 11.4. The van der Waals surface area contributed by atoms with Crippen LogP contribution in [0.1, 0.15) is 32.6 Å². The van der Waals surface area contributed by atoms with E-state index >= 15 is 0 Å². The molecule has 6 nitrogen and oxygen atoms in total. The van der Waals surface area contributed by atoms with Crippen LogP contribution in [0.3, 0.4) is 0 Å². The van der Waals surface area contributed by atoms with Gasteiger partial charge >= 0.3 is 0 Å². The number of aromatic nitrogens is 4. The van der Waals surface area contributed by atoms with Crippen LogP contribution in [0, 0.1) is 5.41 Å². The number of hydrogen-bond donors (Lipinski definition) is 1. The van der Waals surface area contributed by atoms with E-state index in [4.69, 9.17) is 10.5 Å². The number of rotatable bonds is 3. The van der Waals surface area contributed by atoms with E-state index in [1.807, 2.05) is 4.57 Å². The molecule has 3 rings (SSSR count). The van der Waals surface area contributed by atoms with Gasteiger partial charge in [0.1, 0.15) is 6.33 Å². The normalized spacial score (nSPS) is 18.0. The SMILES string of the molecule is COc1ncnc2c1nc(N)n2CC1(C)CCCC1. The van der Waals surface area contributed by atoms with Crippen LogP contribution in [-0.2, 0) is 6.54 Å². The van der Waals surface area contributed by atoms with Crippen molar-refractivity contribution in [1.82, 2.24) is 19.5 Å². The number of nitrogens with zero attached hydrogens (tertiary/aromatic N) is 4. The Morgan fingerprint density at radius 1 is 1.37 bits per heavy atom. The van der Waals surface area contributed by atoms with Gasteiger partial charge in [-0.15, -0.1) is 0 Å². The Bertz CT molecular complexity index is 600. The van der Waals surface area contributed by atoms with Gasteiger partial charge < -0.3 is 10.5 Å². The fourth-order valence-corrected chi connectivity index (χ4v) is 3.01. The second-order valence-electron chi connectivity index (χ2n) is 5.63. The second kappa shape index (κ2) is 4.36. The minimum atomic E-state index is 0.292. The van der Waals surface area contributed by atoms with Gasteiger partial charge in [0.15, 0.2) is 11.2 Å². The van der Waals surface area contributed by atoms with Gasteiger partial charge in [-0.25, -0.2) is 9.97 Å². The van der Waals surface area contributed by atoms with Crippen LogP contribution >= 0.6 is 0 Å². The van der Waals surface area contributed by atoms with Crippen molar-refractivity contribution in [3.05, 3.63) is 6.33 Å². The van der Waals surface area contributed by atoms with E-state index in [1.54, 1.807) is 7.11 Å². The molecular formula is C13H19N5O. The minimum absolute atomic E-state index is 0.292. The summed E-state index contributed by atoms with van der Waals surface area (Å²) in [4.78, 5) is 12.7. The summed E-state index contributed by atoms with van der Waals surface area (Å²) in [5.41, 5.74) is 7.74. The molecule has 2 aromatic rings. The highest BCUT2D eigenvalue weighted by atomic mass is 16.5. The van der Waals surface area contributed by atoms with Crippen molar-refractivity contribution in [2.24, 2.45) is 5.41 Å². The van der Waals surface area contributed by atoms with Crippen molar-refractivity contribution in [3.8, 4) is 5.88 Å². The maximum atomic E-state index is 6.04. The number of nitrogen functional groups attached to an aromatic ring is 1. The van der Waals surface area contributed by atoms with Crippen molar-refractivity contribution in [2.75, 3.05) is 12.8 Å². The van der Waals surface area contributed by atoms with E-state index in [0.717, 1.165) is 12.2 Å². The Labute approximate surface area is 112 Å². The molecule has 0 spiro atoms. The van der Waals surface area contributed by atoms with Gasteiger partial charge in [0.25, 0.3) is 0 Å². The molecule has 0 aliphatic heterocycles. The predicted molar refractivity (Wildman–Crippen MR) is 72.9 cm³/mol. The summed E-state index contributed by atoms with van der Waals surface area (Å²) in [5, 5.41) is 0. The number of hydrogen-bond acceptors (Lipinski definition) is 5. The number of anilines is 1. The standard InChI is InChI=1S/C13H19N5O/c1-13(5-3-4-6-13)7-18-10-9(17-12(18)14)11(19-2)16-8-15-10/h8H,3-7H2,1-2H3,(H2,14,17). The number of methoxy groups -OCH3 is 1. The Balaban J connectivity index is 2.06. The third-order valence-corrected chi connectivity index (χ3v) is 4.07. The largest absolute Gasteiger partial charge is 0.479 e. The maximum Gasteiger partial charge on any atom is 0.245 e. The van der Waals surface area contributed by atoms with Gasteiger partial charge in [0.05, 0.1) is 7.11 Å². The first kappa shape index (κ1) is 12.2. The van der Waals surface area contributed by atoms with Crippen LogP contribution in [-0.4, -0.2) is 26.6 Å². The molecule has 102 valence electrons. The highest BCUT2D eigenvalue weighted by molar-refractivity contribution is 5.78. The molecule has 2 heterocycles. The Hall–Kier alpha value is -1.85. The summed E-state index contributed by atoms with van der Waals surface area (Å²) >= 11 is 0. The molecule has 0 amide bonds. The molecule has 0 unspecified atom stereocenters. The van der Waals surface area contributed by atoms with Crippen LogP contribution < -0.4 is 10.5 Å². The second-order valence-corrected chi connectivity index (χ2v) is 5.63. The summed E-state index contributed by atoms with van der Waals surface area (Å²) in [5.74, 6) is 0.967. The van der Waals surface area contributed by atoms with Crippen molar-refractivity contribution >= 4 is 17.1 Å². The van der Waals surface area contributed by atoms with Gasteiger partial charge in [0.2, 0.25) is 11.8 Å². The van der Waals surface area contributed by atoms with Gasteiger partial charge in [-0.1, -0.05) is 19.8 Å². The van der Waals surface area contributed by atoms with Gasteiger partial charge in [-0.3, -0.25) is 4.57 Å². The number of nitrogens with two attached hydrogens (primary N) is 1. The lowest BCUT2D eigenvalue weighted by atomic mass is 9.89. The molecule has 0 bridgehead atoms. The molecule has 1 aliphatic carbocycles. The van der Waals surface area contributed by atoms with Crippen molar-refractivity contribution in [3.63, 3.8) is 0 Å². The number of fused-ring (bicyclic) bond motifs is 1. The highest BCUT2D eigenvalue weighted by Crippen LogP contribution is 2.40. The first-order valence-corrected chi connectivity index (χ1v) is 6.64. The topological polar surface area (TPSA) is 78.8 Å². The minimum Gasteiger partial charge on any atom is -0.479 e. The molecule has 19 heavy (non-hydrogen) atoms. The van der Waals surface area contributed by atoms with Crippen LogP contribution in [0.4, 0.5) is 5.95 Å². The van der Waals surface area contributed by atoms with Crippen LogP contribution in [0.5, 0.6) is 5.88 Å². The van der Waals surface area contributed by atoms with Crippen LogP contribution in [0.15, 0.2) is 6.33 Å². The summed E-state index contributed by atoms with van der Waals surface area (Å²) in [6.07, 6.45) is 6.54. The zero-order valence-corrected chi connectivity index (χ0v) is 11.4. The molecule has 6 heteroatoms. The average molecular weight is 261 g/mol. The predicted octanol–water partition coefficient (Wildman–Crippen LogP) is 2.00. The smallest absolute Gasteiger partial charge is 0.245 e. The Kier molecular flexibility index (Phi) is 2.80. The van der Waals surface area contributed by atoms with E-state index in [-0.39, 0.29) is 0 Å². The monoisotopic (exact) mass is 261 g/mol. The van der Waals surface area contributed by atoms with Crippen molar-refractivity contribution in [1.29, 1.82) is 0 Å². The highest BCUT2D eigenvalue weighted by Gasteiger charge is 2.30. The average Bonchev–Trinajstić information content (AvgIpc) is 2.95. The van der Waals surface area contributed by atoms with Crippen molar-refractivity contribution in [2.45, 2.75) is 39.2 Å². The summed E-state index contributed by atoms with van der Waals surface area (Å²) in [6.45, 7) is 3.17. The van der Waals surface area contributed by atoms with E-state index in [2.05, 4.69) is 21.9 Å². The van der Waals surface area contributed by atoms with E-state index < -0.39 is 0 Å². The van der Waals surface area contributed by atoms with Gasteiger partial charge in [-0.2, -0.15) is 4.98 Å². The van der Waals surface area contributed by atoms with E-state index in [9.17, 15) is 0 Å². The molecule has 1 saturated carbocycles. The first-order chi connectivity index (χ1) is 9.13. The lowest BCUT2D eigenvalue weighted by molar-refractivity contribution is 0.286. The summed E-state index contributed by atoms with van der Waals surface area (Å²) in [7, 11) is 1.58. The Morgan fingerprint density at radius 2 is 2.11 bits per heavy atom. The van der Waals surface area contributed by atoms with Gasteiger partial charge in [-0.05, 0) is 18.3 Å². The molecule has 1 aliphatic rings. The first-order valence-electron chi connectivity index (χ1n) is 6.64. The summed E-state index contributed by atoms with van der Waals surface area (Å²) < 4.78 is 7.20. The molecule has 0 saturated heterocycles. The molecule has 1 fully saturated rings. The molecule has 2 N–H and O–H groups in total. The quantitative estimate of drug-likeness (QED) is 0.914. The van der Waals surface area contributed by atoms with Gasteiger partial charge in [0, 0.05) is 6.54 Å². The van der Waals surface area contributed by atoms with Crippen LogP contribution in [0.25, 0.3) is 11.2 Å². The molecule has 0 atom stereocenters. The lowest BCUT2D eigenvalue weighted by Gasteiger charge is -2.24. The number of imidazole rings is 1.